The summed E-state index contributed by atoms with van der Waals surface area (Å²) in [6.07, 6.45) is 7.55. The molecule has 0 radical (unpaired) electrons. The molecule has 3 rings (SSSR count). The van der Waals surface area contributed by atoms with Gasteiger partial charge in [0.05, 0.1) is 0 Å². The van der Waals surface area contributed by atoms with Gasteiger partial charge in [-0.1, -0.05) is 40.5 Å². The van der Waals surface area contributed by atoms with Crippen molar-refractivity contribution in [1.29, 1.82) is 0 Å². The number of fused-ring (bicyclic) bond motifs is 3. The van der Waals surface area contributed by atoms with Gasteiger partial charge in [-0.3, -0.25) is 0 Å². The molecule has 3 aliphatic rings. The lowest BCUT2D eigenvalue weighted by molar-refractivity contribution is 0.0100. The molecule has 0 aromatic heterocycles. The molecule has 0 bridgehead atoms. The molecule has 0 spiro atoms. The Balaban J connectivity index is 1.92. The highest BCUT2D eigenvalue weighted by Gasteiger charge is 2.67. The second-order valence-electron chi connectivity index (χ2n) is 7.54. The van der Waals surface area contributed by atoms with Gasteiger partial charge in [0.15, 0.2) is 0 Å². The van der Waals surface area contributed by atoms with E-state index in [0.717, 1.165) is 23.7 Å². The fourth-order valence-electron chi connectivity index (χ4n) is 5.48. The average Bonchev–Trinajstić information content (AvgIpc) is 2.68. The minimum atomic E-state index is 0.689. The summed E-state index contributed by atoms with van der Waals surface area (Å²) in [5.41, 5.74) is 1.40. The van der Waals surface area contributed by atoms with E-state index in [-0.39, 0.29) is 0 Å². The predicted molar refractivity (Wildman–Crippen MR) is 64.6 cm³/mol. The molecule has 0 aromatic carbocycles. The second-order valence-corrected chi connectivity index (χ2v) is 7.54. The highest BCUT2D eigenvalue weighted by atomic mass is 14.7. The van der Waals surface area contributed by atoms with Crippen molar-refractivity contribution in [2.24, 2.45) is 34.5 Å². The van der Waals surface area contributed by atoms with Crippen LogP contribution in [0.4, 0.5) is 0 Å². The number of rotatable bonds is 0. The highest BCUT2D eigenvalue weighted by molar-refractivity contribution is 5.15. The summed E-state index contributed by atoms with van der Waals surface area (Å²) < 4.78 is 0. The Morgan fingerprint density at radius 2 is 1.67 bits per heavy atom. The summed E-state index contributed by atoms with van der Waals surface area (Å²) in [6, 6.07) is 0. The standard InChI is InChI=1S/C15H26/c1-10-6-5-8-15(4)9-7-11-13(12(10)15)14(11,2)3/h10-13H,5-9H2,1-4H3/t10-,11+,12-,13+,15-/m0/s1. The molecule has 3 saturated carbocycles. The lowest BCUT2D eigenvalue weighted by Crippen LogP contribution is -2.40. The van der Waals surface area contributed by atoms with Gasteiger partial charge in [0.2, 0.25) is 0 Å². The van der Waals surface area contributed by atoms with Crippen molar-refractivity contribution in [3.05, 3.63) is 0 Å². The monoisotopic (exact) mass is 206 g/mol. The molecule has 3 fully saturated rings. The lowest BCUT2D eigenvalue weighted by Gasteiger charge is -2.48. The van der Waals surface area contributed by atoms with E-state index >= 15 is 0 Å². The van der Waals surface area contributed by atoms with Gasteiger partial charge in [-0.15, -0.1) is 0 Å². The van der Waals surface area contributed by atoms with Gasteiger partial charge in [-0.25, -0.2) is 0 Å². The van der Waals surface area contributed by atoms with Gasteiger partial charge in [0.25, 0.3) is 0 Å². The summed E-state index contributed by atoms with van der Waals surface area (Å²) in [7, 11) is 0. The van der Waals surface area contributed by atoms with E-state index in [4.69, 9.17) is 0 Å². The van der Waals surface area contributed by atoms with E-state index in [9.17, 15) is 0 Å². The predicted octanol–water partition coefficient (Wildman–Crippen LogP) is 4.49. The summed E-state index contributed by atoms with van der Waals surface area (Å²) in [5, 5.41) is 0. The minimum Gasteiger partial charge on any atom is -0.0622 e. The SMILES string of the molecule is C[C@H]1CCC[C@@]2(C)CC[C@@H]3[C@H]([C@H]12)C3(C)C. The first kappa shape index (κ1) is 10.2. The van der Waals surface area contributed by atoms with Gasteiger partial charge in [0.1, 0.15) is 0 Å². The van der Waals surface area contributed by atoms with Crippen molar-refractivity contribution in [3.8, 4) is 0 Å². The zero-order valence-electron chi connectivity index (χ0n) is 10.8. The normalized spacial score (nSPS) is 56.8. The van der Waals surface area contributed by atoms with E-state index in [1.807, 2.05) is 0 Å². The Labute approximate surface area is 94.8 Å². The molecular weight excluding hydrogens is 180 g/mol. The average molecular weight is 206 g/mol. The molecule has 5 atom stereocenters. The molecule has 0 aliphatic heterocycles. The topological polar surface area (TPSA) is 0 Å². The second kappa shape index (κ2) is 2.81. The van der Waals surface area contributed by atoms with Crippen LogP contribution in [0.1, 0.15) is 59.8 Å². The molecule has 0 unspecified atom stereocenters. The minimum absolute atomic E-state index is 0.689. The molecule has 0 amide bonds. The first-order valence-electron chi connectivity index (χ1n) is 6.97. The smallest absolute Gasteiger partial charge is 0.0289 e. The summed E-state index contributed by atoms with van der Waals surface area (Å²) in [4.78, 5) is 0. The van der Waals surface area contributed by atoms with Gasteiger partial charge in [0, 0.05) is 0 Å². The van der Waals surface area contributed by atoms with Crippen molar-refractivity contribution in [1.82, 2.24) is 0 Å². The Hall–Kier alpha value is 0. The molecule has 86 valence electrons. The van der Waals surface area contributed by atoms with Gasteiger partial charge < -0.3 is 0 Å². The van der Waals surface area contributed by atoms with E-state index < -0.39 is 0 Å². The molecular formula is C15H26. The molecule has 0 aromatic rings. The third kappa shape index (κ3) is 1.20. The third-order valence-electron chi connectivity index (χ3n) is 6.38. The summed E-state index contributed by atoms with van der Waals surface area (Å²) >= 11 is 0. The molecule has 0 N–H and O–H groups in total. The maximum absolute atomic E-state index is 2.60. The lowest BCUT2D eigenvalue weighted by atomic mass is 9.57. The van der Waals surface area contributed by atoms with Gasteiger partial charge >= 0.3 is 0 Å². The molecule has 15 heavy (non-hydrogen) atoms. The van der Waals surface area contributed by atoms with Crippen LogP contribution in [0.2, 0.25) is 0 Å². The van der Waals surface area contributed by atoms with Crippen molar-refractivity contribution in [3.63, 3.8) is 0 Å². The zero-order chi connectivity index (χ0) is 10.8. The van der Waals surface area contributed by atoms with Gasteiger partial charge in [-0.2, -0.15) is 0 Å². The summed E-state index contributed by atoms with van der Waals surface area (Å²) in [5.74, 6) is 4.21. The number of hydrogen-bond acceptors (Lipinski definition) is 0. The van der Waals surface area contributed by atoms with Crippen LogP contribution in [-0.4, -0.2) is 0 Å². The molecule has 0 nitrogen and oxygen atoms in total. The largest absolute Gasteiger partial charge is 0.0622 e. The molecule has 0 heterocycles. The van der Waals surface area contributed by atoms with Crippen LogP contribution in [-0.2, 0) is 0 Å². The third-order valence-corrected chi connectivity index (χ3v) is 6.38. The quantitative estimate of drug-likeness (QED) is 0.547. The molecule has 0 saturated heterocycles. The van der Waals surface area contributed by atoms with Crippen LogP contribution in [0.15, 0.2) is 0 Å². The number of hydrogen-bond donors (Lipinski definition) is 0. The van der Waals surface area contributed by atoms with Crippen molar-refractivity contribution >= 4 is 0 Å². The van der Waals surface area contributed by atoms with Crippen molar-refractivity contribution < 1.29 is 0 Å². The first-order valence-corrected chi connectivity index (χ1v) is 6.97. The Morgan fingerprint density at radius 1 is 0.933 bits per heavy atom. The maximum Gasteiger partial charge on any atom is -0.0289 e. The zero-order valence-corrected chi connectivity index (χ0v) is 10.8. The maximum atomic E-state index is 2.60. The van der Waals surface area contributed by atoms with Crippen LogP contribution >= 0.6 is 0 Å². The Morgan fingerprint density at radius 3 is 2.40 bits per heavy atom. The van der Waals surface area contributed by atoms with E-state index in [1.165, 1.54) is 32.1 Å². The fraction of sp³-hybridized carbons (Fsp3) is 1.00. The Kier molecular flexibility index (Phi) is 1.91. The van der Waals surface area contributed by atoms with E-state index in [2.05, 4.69) is 27.7 Å². The molecule has 3 aliphatic carbocycles. The van der Waals surface area contributed by atoms with Gasteiger partial charge in [-0.05, 0) is 53.8 Å². The highest BCUT2D eigenvalue weighted by Crippen LogP contribution is 2.73. The first-order chi connectivity index (χ1) is 6.97. The fourth-order valence-corrected chi connectivity index (χ4v) is 5.48. The van der Waals surface area contributed by atoms with Crippen LogP contribution in [0, 0.1) is 34.5 Å². The van der Waals surface area contributed by atoms with Crippen LogP contribution in [0.25, 0.3) is 0 Å². The Bertz CT molecular complexity index is 278. The van der Waals surface area contributed by atoms with E-state index in [1.54, 1.807) is 0 Å². The molecule has 0 heteroatoms. The van der Waals surface area contributed by atoms with Crippen LogP contribution < -0.4 is 0 Å². The van der Waals surface area contributed by atoms with Crippen molar-refractivity contribution in [2.75, 3.05) is 0 Å². The van der Waals surface area contributed by atoms with Crippen LogP contribution in [0.3, 0.4) is 0 Å². The summed E-state index contributed by atoms with van der Waals surface area (Å²) in [6.45, 7) is 10.2. The van der Waals surface area contributed by atoms with Crippen molar-refractivity contribution in [2.45, 2.75) is 59.8 Å². The van der Waals surface area contributed by atoms with Crippen LogP contribution in [0.5, 0.6) is 0 Å². The van der Waals surface area contributed by atoms with E-state index in [0.29, 0.717) is 10.8 Å².